The minimum Gasteiger partial charge on any atom is -0.367 e. The molecule has 1 aliphatic heterocycles. The molecule has 1 aliphatic rings. The first kappa shape index (κ1) is 23.5. The maximum Gasteiger partial charge on any atom is 0.435 e. The molecular formula is C26H21F4N5O. The number of hydrogen-bond acceptors (Lipinski definition) is 4. The van der Waals surface area contributed by atoms with E-state index in [0.29, 0.717) is 4.68 Å². The Balaban J connectivity index is 1.26. The van der Waals surface area contributed by atoms with Crippen LogP contribution in [0.15, 0.2) is 72.8 Å². The number of carbonyl (C=O) groups excluding carboxylic acids is 1. The summed E-state index contributed by atoms with van der Waals surface area (Å²) >= 11 is 0. The van der Waals surface area contributed by atoms with Gasteiger partial charge in [0.1, 0.15) is 5.82 Å². The number of halogens is 4. The second kappa shape index (κ2) is 9.44. The third-order valence-electron chi connectivity index (χ3n) is 6.06. The lowest BCUT2D eigenvalue weighted by atomic mass is 10.1. The van der Waals surface area contributed by atoms with Crippen LogP contribution >= 0.6 is 0 Å². The standard InChI is InChI=1S/C26H21F4N5O/c27-20-9-11-21(12-10-20)35-24(26(28,29)30)23(32-33-35)25(36)31-15-17-5-7-18(8-6-17)16-34-14-13-19-3-1-2-4-22(19)34/h1-12H,13-16H2,(H,31,36). The molecule has 4 aromatic rings. The molecule has 0 unspecified atom stereocenters. The maximum absolute atomic E-state index is 13.8. The fraction of sp³-hybridized carbons (Fsp3) is 0.192. The van der Waals surface area contributed by atoms with Gasteiger partial charge in [0.2, 0.25) is 0 Å². The Morgan fingerprint density at radius 1 is 0.944 bits per heavy atom. The van der Waals surface area contributed by atoms with Gasteiger partial charge in [0.05, 0.1) is 5.69 Å². The predicted molar refractivity (Wildman–Crippen MR) is 125 cm³/mol. The molecule has 36 heavy (non-hydrogen) atoms. The average Bonchev–Trinajstić information content (AvgIpc) is 3.49. The minimum absolute atomic E-state index is 0.0202. The summed E-state index contributed by atoms with van der Waals surface area (Å²) in [5.74, 6) is -1.62. The highest BCUT2D eigenvalue weighted by atomic mass is 19.4. The normalized spacial score (nSPS) is 13.1. The van der Waals surface area contributed by atoms with Crippen LogP contribution in [0.25, 0.3) is 5.69 Å². The number of anilines is 1. The molecule has 184 valence electrons. The van der Waals surface area contributed by atoms with E-state index in [1.54, 1.807) is 0 Å². The average molecular weight is 495 g/mol. The van der Waals surface area contributed by atoms with Crippen molar-refractivity contribution in [3.8, 4) is 5.69 Å². The quantitative estimate of drug-likeness (QED) is 0.386. The van der Waals surface area contributed by atoms with Crippen molar-refractivity contribution in [3.05, 3.63) is 107 Å². The molecule has 1 aromatic heterocycles. The topological polar surface area (TPSA) is 63.1 Å². The van der Waals surface area contributed by atoms with E-state index in [4.69, 9.17) is 0 Å². The molecule has 0 radical (unpaired) electrons. The van der Waals surface area contributed by atoms with Crippen molar-refractivity contribution in [3.63, 3.8) is 0 Å². The highest BCUT2D eigenvalue weighted by Crippen LogP contribution is 2.33. The van der Waals surface area contributed by atoms with E-state index < -0.39 is 29.3 Å². The molecule has 10 heteroatoms. The first-order valence-electron chi connectivity index (χ1n) is 11.3. The van der Waals surface area contributed by atoms with Crippen LogP contribution in [0.3, 0.4) is 0 Å². The predicted octanol–water partition coefficient (Wildman–Crippen LogP) is 4.92. The zero-order valence-corrected chi connectivity index (χ0v) is 19.0. The van der Waals surface area contributed by atoms with Gasteiger partial charge in [-0.15, -0.1) is 5.10 Å². The zero-order valence-electron chi connectivity index (χ0n) is 19.0. The number of fused-ring (bicyclic) bond motifs is 1. The molecule has 0 spiro atoms. The van der Waals surface area contributed by atoms with Gasteiger partial charge in [-0.1, -0.05) is 47.7 Å². The summed E-state index contributed by atoms with van der Waals surface area (Å²) in [6.07, 6.45) is -3.90. The van der Waals surface area contributed by atoms with Crippen molar-refractivity contribution >= 4 is 11.6 Å². The number of rotatable bonds is 6. The van der Waals surface area contributed by atoms with Crippen LogP contribution in [0, 0.1) is 5.82 Å². The fourth-order valence-electron chi connectivity index (χ4n) is 4.27. The molecule has 0 fully saturated rings. The number of para-hydroxylation sites is 1. The molecule has 0 bridgehead atoms. The van der Waals surface area contributed by atoms with E-state index in [1.807, 2.05) is 36.4 Å². The number of hydrogen-bond donors (Lipinski definition) is 1. The van der Waals surface area contributed by atoms with Crippen LogP contribution in [0.4, 0.5) is 23.2 Å². The van der Waals surface area contributed by atoms with Gasteiger partial charge in [-0.3, -0.25) is 4.79 Å². The Kier molecular flexibility index (Phi) is 6.17. The number of carbonyl (C=O) groups is 1. The second-order valence-corrected chi connectivity index (χ2v) is 8.47. The summed E-state index contributed by atoms with van der Waals surface area (Å²) in [4.78, 5) is 14.9. The highest BCUT2D eigenvalue weighted by Gasteiger charge is 2.42. The number of benzene rings is 3. The molecule has 1 N–H and O–H groups in total. The van der Waals surface area contributed by atoms with Crippen LogP contribution in [-0.2, 0) is 25.7 Å². The molecule has 0 saturated carbocycles. The monoisotopic (exact) mass is 495 g/mol. The summed E-state index contributed by atoms with van der Waals surface area (Å²) < 4.78 is 55.0. The lowest BCUT2D eigenvalue weighted by molar-refractivity contribution is -0.143. The van der Waals surface area contributed by atoms with E-state index in [0.717, 1.165) is 54.9 Å². The molecule has 3 aromatic carbocycles. The molecular weight excluding hydrogens is 474 g/mol. The Morgan fingerprint density at radius 3 is 2.36 bits per heavy atom. The Morgan fingerprint density at radius 2 is 1.64 bits per heavy atom. The summed E-state index contributed by atoms with van der Waals surface area (Å²) in [5, 5.41) is 9.44. The Hall–Kier alpha value is -4.21. The molecule has 0 saturated heterocycles. The third-order valence-corrected chi connectivity index (χ3v) is 6.06. The van der Waals surface area contributed by atoms with Gasteiger partial charge in [-0.25, -0.2) is 9.07 Å². The van der Waals surface area contributed by atoms with Crippen LogP contribution in [0.1, 0.15) is 32.9 Å². The summed E-state index contributed by atoms with van der Waals surface area (Å²) in [6, 6.07) is 20.1. The van der Waals surface area contributed by atoms with E-state index in [1.165, 1.54) is 11.3 Å². The van der Waals surface area contributed by atoms with Gasteiger partial charge in [-0.05, 0) is 53.4 Å². The number of aromatic nitrogens is 3. The summed E-state index contributed by atoms with van der Waals surface area (Å²) in [5.41, 5.74) is 2.13. The molecule has 5 rings (SSSR count). The van der Waals surface area contributed by atoms with Crippen molar-refractivity contribution in [1.82, 2.24) is 20.3 Å². The lowest BCUT2D eigenvalue weighted by Gasteiger charge is -2.19. The minimum atomic E-state index is -4.90. The van der Waals surface area contributed by atoms with Crippen molar-refractivity contribution in [1.29, 1.82) is 0 Å². The molecule has 1 amide bonds. The molecule has 2 heterocycles. The maximum atomic E-state index is 13.8. The molecule has 6 nitrogen and oxygen atoms in total. The van der Waals surface area contributed by atoms with E-state index in [2.05, 4.69) is 32.7 Å². The highest BCUT2D eigenvalue weighted by molar-refractivity contribution is 5.93. The van der Waals surface area contributed by atoms with Crippen LogP contribution in [0.2, 0.25) is 0 Å². The largest absolute Gasteiger partial charge is 0.435 e. The van der Waals surface area contributed by atoms with Gasteiger partial charge in [0.25, 0.3) is 5.91 Å². The zero-order chi connectivity index (χ0) is 25.3. The van der Waals surface area contributed by atoms with Crippen molar-refractivity contribution in [2.75, 3.05) is 11.4 Å². The Labute approximate surface area is 204 Å². The van der Waals surface area contributed by atoms with Gasteiger partial charge in [0, 0.05) is 25.3 Å². The lowest BCUT2D eigenvalue weighted by Crippen LogP contribution is -2.27. The number of alkyl halides is 3. The van der Waals surface area contributed by atoms with Gasteiger partial charge in [-0.2, -0.15) is 13.2 Å². The number of nitrogens with zero attached hydrogens (tertiary/aromatic N) is 4. The molecule has 0 atom stereocenters. The van der Waals surface area contributed by atoms with Gasteiger partial charge < -0.3 is 10.2 Å². The Bertz CT molecular complexity index is 1380. The van der Waals surface area contributed by atoms with Crippen molar-refractivity contribution in [2.45, 2.75) is 25.7 Å². The molecule has 0 aliphatic carbocycles. The van der Waals surface area contributed by atoms with E-state index >= 15 is 0 Å². The van der Waals surface area contributed by atoms with Gasteiger partial charge in [0.15, 0.2) is 11.4 Å². The second-order valence-electron chi connectivity index (χ2n) is 8.47. The number of nitrogens with one attached hydrogen (secondary N) is 1. The van der Waals surface area contributed by atoms with Crippen molar-refractivity contribution in [2.24, 2.45) is 0 Å². The van der Waals surface area contributed by atoms with Crippen LogP contribution < -0.4 is 10.2 Å². The summed E-state index contributed by atoms with van der Waals surface area (Å²) in [6.45, 7) is 1.70. The van der Waals surface area contributed by atoms with E-state index in [-0.39, 0.29) is 12.2 Å². The van der Waals surface area contributed by atoms with Crippen molar-refractivity contribution < 1.29 is 22.4 Å². The van der Waals surface area contributed by atoms with E-state index in [9.17, 15) is 22.4 Å². The van der Waals surface area contributed by atoms with Crippen LogP contribution in [0.5, 0.6) is 0 Å². The fourth-order valence-corrected chi connectivity index (χ4v) is 4.27. The van der Waals surface area contributed by atoms with Crippen LogP contribution in [-0.4, -0.2) is 27.4 Å². The number of amides is 1. The smallest absolute Gasteiger partial charge is 0.367 e. The van der Waals surface area contributed by atoms with Gasteiger partial charge >= 0.3 is 6.18 Å². The first-order valence-corrected chi connectivity index (χ1v) is 11.3. The summed E-state index contributed by atoms with van der Waals surface area (Å²) in [7, 11) is 0. The SMILES string of the molecule is O=C(NCc1ccc(CN2CCc3ccccc32)cc1)c1nnn(-c2ccc(F)cc2)c1C(F)(F)F. The third kappa shape index (κ3) is 4.79. The first-order chi connectivity index (χ1) is 17.3.